The predicted octanol–water partition coefficient (Wildman–Crippen LogP) is 6.36. The zero-order valence-corrected chi connectivity index (χ0v) is 20.8. The number of methoxy groups -OCH3 is 1. The molecule has 0 radical (unpaired) electrons. The highest BCUT2D eigenvalue weighted by Gasteiger charge is 2.68. The molecule has 1 aromatic rings. The molecular formula is C30H38O4. The van der Waals surface area contributed by atoms with Crippen LogP contribution in [-0.4, -0.2) is 25.2 Å². The molecule has 0 heterocycles. The second kappa shape index (κ2) is 8.39. The van der Waals surface area contributed by atoms with Crippen molar-refractivity contribution in [2.75, 3.05) is 7.11 Å². The quantitative estimate of drug-likeness (QED) is 0.297. The summed E-state index contributed by atoms with van der Waals surface area (Å²) in [6.45, 7) is 8.84. The first-order chi connectivity index (χ1) is 16.2. The van der Waals surface area contributed by atoms with Crippen molar-refractivity contribution in [3.8, 4) is 0 Å². The standard InChI is InChI=1S/C30H38O4/c1-20-18-30-17-14-23-28(2,24(30)12-11-22(20)19-30)16-15-25(29(23,3)27(32)33-4)34-26(31)13-10-21-8-6-5-7-9-21/h5-10,13,22-25H,1,11-12,14-19H2,2-4H3/b13-10+/t22-,23+,24-,25+,28-,29+,30-/m1/s1. The number of carbonyl (C=O) groups is 2. The Labute approximate surface area is 203 Å². The molecule has 4 fully saturated rings. The lowest BCUT2D eigenvalue weighted by molar-refractivity contribution is -0.213. The lowest BCUT2D eigenvalue weighted by atomic mass is 9.40. The minimum Gasteiger partial charge on any atom is -0.468 e. The second-order valence-electron chi connectivity index (χ2n) is 11.8. The van der Waals surface area contributed by atoms with E-state index in [0.29, 0.717) is 23.7 Å². The van der Waals surface area contributed by atoms with Crippen molar-refractivity contribution < 1.29 is 19.1 Å². The zero-order valence-electron chi connectivity index (χ0n) is 20.8. The number of allylic oxidation sites excluding steroid dienone is 1. The third-order valence-electron chi connectivity index (χ3n) is 10.3. The summed E-state index contributed by atoms with van der Waals surface area (Å²) < 4.78 is 11.4. The summed E-state index contributed by atoms with van der Waals surface area (Å²) in [5, 5.41) is 0. The van der Waals surface area contributed by atoms with Crippen LogP contribution in [0, 0.1) is 34.0 Å². The molecular weight excluding hydrogens is 424 g/mol. The third kappa shape index (κ3) is 3.48. The fourth-order valence-electron chi connectivity index (χ4n) is 8.83. The van der Waals surface area contributed by atoms with Crippen LogP contribution in [0.15, 0.2) is 48.6 Å². The minimum atomic E-state index is -0.841. The van der Waals surface area contributed by atoms with E-state index in [4.69, 9.17) is 9.47 Å². The Morgan fingerprint density at radius 3 is 2.53 bits per heavy atom. The molecule has 1 spiro atoms. The molecule has 4 aliphatic carbocycles. The summed E-state index contributed by atoms with van der Waals surface area (Å²) in [5.74, 6) is 0.782. The van der Waals surface area contributed by atoms with Crippen molar-refractivity contribution in [2.24, 2.45) is 34.0 Å². The highest BCUT2D eigenvalue weighted by molar-refractivity contribution is 5.88. The molecule has 34 heavy (non-hydrogen) atoms. The molecule has 0 saturated heterocycles. The van der Waals surface area contributed by atoms with E-state index in [2.05, 4.69) is 13.5 Å². The molecule has 4 heteroatoms. The van der Waals surface area contributed by atoms with E-state index in [9.17, 15) is 9.59 Å². The summed E-state index contributed by atoms with van der Waals surface area (Å²) in [6, 6.07) is 9.70. The van der Waals surface area contributed by atoms with E-state index >= 15 is 0 Å². The van der Waals surface area contributed by atoms with Crippen LogP contribution in [-0.2, 0) is 19.1 Å². The Morgan fingerprint density at radius 1 is 1.03 bits per heavy atom. The second-order valence-corrected chi connectivity index (χ2v) is 11.8. The molecule has 0 amide bonds. The number of esters is 2. The van der Waals surface area contributed by atoms with Gasteiger partial charge >= 0.3 is 11.9 Å². The van der Waals surface area contributed by atoms with Gasteiger partial charge in [0.1, 0.15) is 11.5 Å². The van der Waals surface area contributed by atoms with Gasteiger partial charge in [0, 0.05) is 6.08 Å². The molecule has 0 aromatic heterocycles. The van der Waals surface area contributed by atoms with Crippen LogP contribution in [0.25, 0.3) is 6.08 Å². The van der Waals surface area contributed by atoms with Crippen LogP contribution in [0.5, 0.6) is 0 Å². The van der Waals surface area contributed by atoms with Gasteiger partial charge in [-0.2, -0.15) is 0 Å². The number of ether oxygens (including phenoxy) is 2. The molecule has 7 atom stereocenters. The molecule has 4 saturated carbocycles. The summed E-state index contributed by atoms with van der Waals surface area (Å²) >= 11 is 0. The van der Waals surface area contributed by atoms with Crippen LogP contribution >= 0.6 is 0 Å². The largest absolute Gasteiger partial charge is 0.468 e. The maximum atomic E-state index is 13.4. The van der Waals surface area contributed by atoms with E-state index in [1.54, 1.807) is 6.08 Å². The van der Waals surface area contributed by atoms with Crippen LogP contribution in [0.4, 0.5) is 0 Å². The van der Waals surface area contributed by atoms with Gasteiger partial charge in [-0.3, -0.25) is 4.79 Å². The molecule has 4 aliphatic rings. The number of hydrogen-bond donors (Lipinski definition) is 0. The summed E-state index contributed by atoms with van der Waals surface area (Å²) in [6.07, 6.45) is 11.4. The molecule has 0 aliphatic heterocycles. The average molecular weight is 463 g/mol. The monoisotopic (exact) mass is 462 g/mol. The fourth-order valence-corrected chi connectivity index (χ4v) is 8.83. The zero-order chi connectivity index (χ0) is 24.1. The summed E-state index contributed by atoms with van der Waals surface area (Å²) in [5.41, 5.74) is 1.95. The first kappa shape index (κ1) is 23.4. The predicted molar refractivity (Wildman–Crippen MR) is 133 cm³/mol. The van der Waals surface area contributed by atoms with E-state index in [-0.39, 0.29) is 17.3 Å². The number of benzene rings is 1. The fraction of sp³-hybridized carbons (Fsp3) is 0.600. The maximum absolute atomic E-state index is 13.4. The molecule has 2 bridgehead atoms. The van der Waals surface area contributed by atoms with E-state index in [0.717, 1.165) is 31.2 Å². The Kier molecular flexibility index (Phi) is 5.77. The van der Waals surface area contributed by atoms with Crippen molar-refractivity contribution in [1.82, 2.24) is 0 Å². The van der Waals surface area contributed by atoms with Crippen LogP contribution in [0.1, 0.15) is 70.8 Å². The highest BCUT2D eigenvalue weighted by Crippen LogP contribution is 2.72. The van der Waals surface area contributed by atoms with Gasteiger partial charge in [0.2, 0.25) is 0 Å². The van der Waals surface area contributed by atoms with Crippen molar-refractivity contribution in [2.45, 2.75) is 71.3 Å². The summed E-state index contributed by atoms with van der Waals surface area (Å²) in [4.78, 5) is 26.2. The maximum Gasteiger partial charge on any atom is 0.331 e. The van der Waals surface area contributed by atoms with E-state index < -0.39 is 17.5 Å². The molecule has 4 nitrogen and oxygen atoms in total. The van der Waals surface area contributed by atoms with Gasteiger partial charge in [0.15, 0.2) is 0 Å². The van der Waals surface area contributed by atoms with Crippen molar-refractivity contribution in [3.63, 3.8) is 0 Å². The molecule has 5 rings (SSSR count). The number of carbonyl (C=O) groups excluding carboxylic acids is 2. The highest BCUT2D eigenvalue weighted by atomic mass is 16.6. The average Bonchev–Trinajstić information content (AvgIpc) is 3.07. The Morgan fingerprint density at radius 2 is 1.79 bits per heavy atom. The molecule has 0 N–H and O–H groups in total. The number of hydrogen-bond acceptors (Lipinski definition) is 4. The van der Waals surface area contributed by atoms with Crippen LogP contribution in [0.2, 0.25) is 0 Å². The van der Waals surface area contributed by atoms with Gasteiger partial charge < -0.3 is 9.47 Å². The van der Waals surface area contributed by atoms with Gasteiger partial charge in [-0.05, 0) is 98.5 Å². The van der Waals surface area contributed by atoms with E-state index in [1.165, 1.54) is 38.0 Å². The number of fused-ring (bicyclic) bond motifs is 3. The van der Waals surface area contributed by atoms with E-state index in [1.807, 2.05) is 37.3 Å². The lowest BCUT2D eigenvalue weighted by Crippen LogP contribution is -2.63. The van der Waals surface area contributed by atoms with Crippen LogP contribution < -0.4 is 0 Å². The third-order valence-corrected chi connectivity index (χ3v) is 10.3. The first-order valence-electron chi connectivity index (χ1n) is 12.9. The molecule has 1 aromatic carbocycles. The molecule has 0 unspecified atom stereocenters. The van der Waals surface area contributed by atoms with Crippen molar-refractivity contribution in [3.05, 3.63) is 54.1 Å². The molecule has 182 valence electrons. The van der Waals surface area contributed by atoms with Gasteiger partial charge in [0.05, 0.1) is 7.11 Å². The van der Waals surface area contributed by atoms with Crippen molar-refractivity contribution in [1.29, 1.82) is 0 Å². The normalized spacial score (nSPS) is 41.0. The lowest BCUT2D eigenvalue weighted by Gasteiger charge is -2.64. The van der Waals surface area contributed by atoms with Crippen LogP contribution in [0.3, 0.4) is 0 Å². The summed E-state index contributed by atoms with van der Waals surface area (Å²) in [7, 11) is 1.46. The Bertz CT molecular complexity index is 1010. The number of rotatable bonds is 4. The first-order valence-corrected chi connectivity index (χ1v) is 12.9. The SMILES string of the molecule is C=C1C[C@@]23CC[C@H]4[C@@](C)(CC[C@H](OC(=O)/C=C/c5ccccc5)[C@@]4(C)C(=O)OC)[C@H]2CC[C@@H]1C3. The van der Waals surface area contributed by atoms with Gasteiger partial charge in [-0.25, -0.2) is 4.79 Å². The van der Waals surface area contributed by atoms with Gasteiger partial charge in [-0.15, -0.1) is 0 Å². The topological polar surface area (TPSA) is 52.6 Å². The van der Waals surface area contributed by atoms with Gasteiger partial charge in [-0.1, -0.05) is 49.4 Å². The van der Waals surface area contributed by atoms with Crippen molar-refractivity contribution >= 4 is 18.0 Å². The minimum absolute atomic E-state index is 0.0412. The Balaban J connectivity index is 1.41. The Hall–Kier alpha value is -2.36. The van der Waals surface area contributed by atoms with Gasteiger partial charge in [0.25, 0.3) is 0 Å². The smallest absolute Gasteiger partial charge is 0.331 e.